The van der Waals surface area contributed by atoms with E-state index in [1.54, 1.807) is 5.48 Å². The highest BCUT2D eigenvalue weighted by atomic mass is 16.6. The Balaban J connectivity index is 1.45. The molecule has 4 saturated carbocycles. The van der Waals surface area contributed by atoms with E-state index >= 15 is 0 Å². The molecule has 0 aromatic heterocycles. The number of carbonyl (C=O) groups is 3. The first-order valence-corrected chi connectivity index (χ1v) is 12.2. The number of benzene rings is 1. The van der Waals surface area contributed by atoms with Gasteiger partial charge >= 0.3 is 6.03 Å². The Morgan fingerprint density at radius 1 is 1.14 bits per heavy atom. The molecule has 1 aromatic carbocycles. The van der Waals surface area contributed by atoms with E-state index in [1.165, 1.54) is 28.0 Å². The number of nitro benzene ring substituents is 1. The molecular weight excluding hydrogens is 456 g/mol. The van der Waals surface area contributed by atoms with Crippen LogP contribution in [0.25, 0.3) is 0 Å². The van der Waals surface area contributed by atoms with Crippen LogP contribution >= 0.6 is 0 Å². The molecule has 1 atom stereocenters. The molecule has 1 saturated heterocycles. The minimum atomic E-state index is -0.847. The number of carbonyl (C=O) groups excluding carboxylic acids is 3. The summed E-state index contributed by atoms with van der Waals surface area (Å²) in [6.07, 6.45) is 6.35. The first kappa shape index (κ1) is 23.5. The zero-order valence-electron chi connectivity index (χ0n) is 19.4. The summed E-state index contributed by atoms with van der Waals surface area (Å²) in [4.78, 5) is 52.6. The molecule has 3 N–H and O–H groups in total. The lowest BCUT2D eigenvalue weighted by molar-refractivity contribution is -0.385. The first-order valence-electron chi connectivity index (χ1n) is 12.2. The van der Waals surface area contributed by atoms with Crippen LogP contribution in [0.4, 0.5) is 10.5 Å². The molecule has 6 rings (SSSR count). The number of rotatable bonds is 8. The SMILES string of the molecule is O=C(CCCC1C(=O)N(C23CC4CC(CC(C4)C2)C3)C(=O)N1Cc1cc([N+](=O)[O-])ccc1O)NO. The molecule has 35 heavy (non-hydrogen) atoms. The second-order valence-electron chi connectivity index (χ2n) is 10.7. The van der Waals surface area contributed by atoms with Crippen LogP contribution in [0.1, 0.15) is 63.4 Å². The Hall–Kier alpha value is -3.21. The van der Waals surface area contributed by atoms with Gasteiger partial charge in [0, 0.05) is 24.1 Å². The van der Waals surface area contributed by atoms with E-state index < -0.39 is 28.4 Å². The zero-order valence-corrected chi connectivity index (χ0v) is 19.4. The van der Waals surface area contributed by atoms with Gasteiger partial charge < -0.3 is 10.0 Å². The average molecular weight is 487 g/mol. The number of non-ortho nitro benzene ring substituents is 1. The molecule has 4 amide bonds. The van der Waals surface area contributed by atoms with Crippen LogP contribution in [0.3, 0.4) is 0 Å². The van der Waals surface area contributed by atoms with Crippen molar-refractivity contribution in [1.82, 2.24) is 15.3 Å². The van der Waals surface area contributed by atoms with E-state index in [-0.39, 0.29) is 48.7 Å². The van der Waals surface area contributed by atoms with Crippen molar-refractivity contribution in [3.05, 3.63) is 33.9 Å². The zero-order chi connectivity index (χ0) is 24.9. The Morgan fingerprint density at radius 2 is 1.77 bits per heavy atom. The lowest BCUT2D eigenvalue weighted by Gasteiger charge is -2.58. The molecule has 4 bridgehead atoms. The number of hydroxylamine groups is 1. The molecule has 11 nitrogen and oxygen atoms in total. The Morgan fingerprint density at radius 3 is 2.34 bits per heavy atom. The number of urea groups is 1. The van der Waals surface area contributed by atoms with Crippen molar-refractivity contribution in [2.75, 3.05) is 0 Å². The van der Waals surface area contributed by atoms with Crippen molar-refractivity contribution in [2.45, 2.75) is 75.9 Å². The summed E-state index contributed by atoms with van der Waals surface area (Å²) in [5.74, 6) is 0.478. The first-order chi connectivity index (χ1) is 16.7. The van der Waals surface area contributed by atoms with E-state index in [4.69, 9.17) is 5.21 Å². The number of phenolic OH excluding ortho intramolecular Hbond substituents is 1. The highest BCUT2D eigenvalue weighted by Gasteiger charge is 2.60. The maximum Gasteiger partial charge on any atom is 0.328 e. The van der Waals surface area contributed by atoms with Gasteiger partial charge in [-0.25, -0.2) is 10.3 Å². The van der Waals surface area contributed by atoms with Crippen LogP contribution < -0.4 is 5.48 Å². The van der Waals surface area contributed by atoms with Crippen molar-refractivity contribution < 1.29 is 29.6 Å². The Kier molecular flexibility index (Phi) is 5.90. The van der Waals surface area contributed by atoms with Crippen LogP contribution in [0.5, 0.6) is 5.75 Å². The highest BCUT2D eigenvalue weighted by molar-refractivity contribution is 6.05. The van der Waals surface area contributed by atoms with Crippen molar-refractivity contribution >= 4 is 23.5 Å². The van der Waals surface area contributed by atoms with Gasteiger partial charge in [-0.15, -0.1) is 0 Å². The number of imide groups is 1. The highest BCUT2D eigenvalue weighted by Crippen LogP contribution is 2.58. The van der Waals surface area contributed by atoms with Gasteiger partial charge in [-0.3, -0.25) is 29.8 Å². The van der Waals surface area contributed by atoms with Crippen LogP contribution in [-0.4, -0.2) is 54.5 Å². The summed E-state index contributed by atoms with van der Waals surface area (Å²) in [5, 5.41) is 30.4. The molecule has 4 aliphatic carbocycles. The van der Waals surface area contributed by atoms with Gasteiger partial charge in [0.15, 0.2) is 0 Å². The molecule has 1 aliphatic heterocycles. The molecule has 1 heterocycles. The molecule has 0 spiro atoms. The summed E-state index contributed by atoms with van der Waals surface area (Å²) in [7, 11) is 0. The number of amides is 4. The Labute approximate surface area is 202 Å². The summed E-state index contributed by atoms with van der Waals surface area (Å²) in [5.41, 5.74) is 1.04. The topological polar surface area (TPSA) is 153 Å². The molecule has 1 aromatic rings. The fourth-order valence-electron chi connectivity index (χ4n) is 7.38. The maximum absolute atomic E-state index is 13.8. The fourth-order valence-corrected chi connectivity index (χ4v) is 7.38. The number of aromatic hydroxyl groups is 1. The molecule has 188 valence electrons. The van der Waals surface area contributed by atoms with E-state index in [2.05, 4.69) is 0 Å². The van der Waals surface area contributed by atoms with Crippen LogP contribution in [-0.2, 0) is 16.1 Å². The molecule has 11 heteroatoms. The third-order valence-corrected chi connectivity index (χ3v) is 8.42. The van der Waals surface area contributed by atoms with Crippen molar-refractivity contribution in [3.63, 3.8) is 0 Å². The standard InChI is InChI=1S/C24H30N4O7/c29-20-5-4-18(28(34)35)9-17(20)13-26-19(2-1-3-21(30)25-33)22(31)27(23(26)32)24-10-14-6-15(11-24)8-16(7-14)12-24/h4-5,9,14-16,19,29,33H,1-3,6-8,10-13H2,(H,25,30). The molecular formula is C24H30N4O7. The van der Waals surface area contributed by atoms with Crippen molar-refractivity contribution in [1.29, 1.82) is 0 Å². The molecule has 5 fully saturated rings. The summed E-state index contributed by atoms with van der Waals surface area (Å²) in [6, 6.07) is 2.34. The third kappa shape index (κ3) is 4.11. The minimum Gasteiger partial charge on any atom is -0.508 e. The summed E-state index contributed by atoms with van der Waals surface area (Å²) < 4.78 is 0. The van der Waals surface area contributed by atoms with E-state index in [1.807, 2.05) is 0 Å². The monoisotopic (exact) mass is 486 g/mol. The average Bonchev–Trinajstić information content (AvgIpc) is 3.03. The van der Waals surface area contributed by atoms with E-state index in [9.17, 15) is 29.6 Å². The quantitative estimate of drug-likeness (QED) is 0.221. The lowest BCUT2D eigenvalue weighted by Crippen LogP contribution is -2.62. The smallest absolute Gasteiger partial charge is 0.328 e. The minimum absolute atomic E-state index is 0.0122. The summed E-state index contributed by atoms with van der Waals surface area (Å²) >= 11 is 0. The predicted octanol–water partition coefficient (Wildman–Crippen LogP) is 3.08. The van der Waals surface area contributed by atoms with Crippen molar-refractivity contribution in [3.8, 4) is 5.75 Å². The number of nitrogens with one attached hydrogen (secondary N) is 1. The lowest BCUT2D eigenvalue weighted by atomic mass is 9.52. The van der Waals surface area contributed by atoms with Gasteiger partial charge in [0.05, 0.1) is 17.0 Å². The molecule has 1 unspecified atom stereocenters. The largest absolute Gasteiger partial charge is 0.508 e. The van der Waals surface area contributed by atoms with Gasteiger partial charge in [0.25, 0.3) is 11.6 Å². The van der Waals surface area contributed by atoms with Gasteiger partial charge in [0.2, 0.25) is 5.91 Å². The second-order valence-corrected chi connectivity index (χ2v) is 10.7. The third-order valence-electron chi connectivity index (χ3n) is 8.42. The number of nitro groups is 1. The molecule has 0 radical (unpaired) electrons. The number of phenols is 1. The fraction of sp³-hybridized carbons (Fsp3) is 0.625. The van der Waals surface area contributed by atoms with Crippen LogP contribution in [0.2, 0.25) is 0 Å². The Bertz CT molecular complexity index is 1040. The van der Waals surface area contributed by atoms with Gasteiger partial charge in [0.1, 0.15) is 11.8 Å². The van der Waals surface area contributed by atoms with Gasteiger partial charge in [-0.1, -0.05) is 0 Å². The molecule has 5 aliphatic rings. The normalized spacial score (nSPS) is 31.3. The van der Waals surface area contributed by atoms with E-state index in [0.717, 1.165) is 38.5 Å². The van der Waals surface area contributed by atoms with Gasteiger partial charge in [-0.05, 0) is 75.2 Å². The van der Waals surface area contributed by atoms with Crippen LogP contribution in [0.15, 0.2) is 18.2 Å². The second kappa shape index (κ2) is 8.78. The maximum atomic E-state index is 13.8. The van der Waals surface area contributed by atoms with Crippen LogP contribution in [0, 0.1) is 27.9 Å². The van der Waals surface area contributed by atoms with E-state index in [0.29, 0.717) is 17.8 Å². The van der Waals surface area contributed by atoms with Crippen molar-refractivity contribution in [2.24, 2.45) is 17.8 Å². The number of hydrogen-bond donors (Lipinski definition) is 3. The summed E-state index contributed by atoms with van der Waals surface area (Å²) in [6.45, 7) is -0.155. The number of nitrogens with zero attached hydrogens (tertiary/aromatic N) is 3. The van der Waals surface area contributed by atoms with Gasteiger partial charge in [-0.2, -0.15) is 0 Å². The predicted molar refractivity (Wildman–Crippen MR) is 121 cm³/mol. The number of hydrogen-bond acceptors (Lipinski definition) is 7.